The average molecular weight is 238 g/mol. The number of carbonyl (C=O) groups excluding carboxylic acids is 2. The summed E-state index contributed by atoms with van der Waals surface area (Å²) in [6, 6.07) is 0. The molecular weight excluding hydrogens is 229 g/mol. The highest BCUT2D eigenvalue weighted by atomic mass is 19.4. The van der Waals surface area contributed by atoms with Crippen LogP contribution in [-0.4, -0.2) is 30.8 Å². The Kier molecular flexibility index (Phi) is 3.56. The Morgan fingerprint density at radius 1 is 1.50 bits per heavy atom. The smallest absolute Gasteiger partial charge is 0.422 e. The number of hydrogen-bond acceptors (Lipinski definition) is 4. The van der Waals surface area contributed by atoms with Crippen molar-refractivity contribution in [1.29, 1.82) is 0 Å². The third-order valence-electron chi connectivity index (χ3n) is 1.96. The van der Waals surface area contributed by atoms with E-state index in [1.54, 1.807) is 0 Å². The van der Waals surface area contributed by atoms with E-state index in [1.807, 2.05) is 0 Å². The molecule has 0 aromatic heterocycles. The largest absolute Gasteiger partial charge is 0.463 e. The Hall–Kier alpha value is -1.53. The lowest BCUT2D eigenvalue weighted by atomic mass is 10.1. The third-order valence-corrected chi connectivity index (χ3v) is 1.96. The molecule has 0 bridgehead atoms. The van der Waals surface area contributed by atoms with Crippen LogP contribution >= 0.6 is 0 Å². The van der Waals surface area contributed by atoms with Crippen LogP contribution in [0.25, 0.3) is 0 Å². The number of hydrogen-bond donors (Lipinski definition) is 0. The normalized spacial score (nSPS) is 21.2. The van der Waals surface area contributed by atoms with Gasteiger partial charge in [0.2, 0.25) is 0 Å². The van der Waals surface area contributed by atoms with E-state index in [2.05, 4.69) is 16.1 Å². The minimum Gasteiger partial charge on any atom is -0.463 e. The summed E-state index contributed by atoms with van der Waals surface area (Å²) in [5.74, 6) is -2.47. The first kappa shape index (κ1) is 12.5. The first-order valence-electron chi connectivity index (χ1n) is 4.46. The van der Waals surface area contributed by atoms with E-state index in [1.165, 1.54) is 0 Å². The summed E-state index contributed by atoms with van der Waals surface area (Å²) in [5.41, 5.74) is -1.63. The van der Waals surface area contributed by atoms with Crippen LogP contribution in [0.2, 0.25) is 0 Å². The first-order valence-corrected chi connectivity index (χ1v) is 4.46. The average Bonchev–Trinajstić information content (AvgIpc) is 2.19. The number of ether oxygens (including phenoxy) is 2. The molecule has 1 unspecified atom stereocenters. The van der Waals surface area contributed by atoms with Crippen molar-refractivity contribution in [2.24, 2.45) is 0 Å². The Labute approximate surface area is 89.0 Å². The highest BCUT2D eigenvalue weighted by Crippen LogP contribution is 2.26. The number of rotatable bonds is 2. The van der Waals surface area contributed by atoms with E-state index in [4.69, 9.17) is 0 Å². The van der Waals surface area contributed by atoms with Crippen molar-refractivity contribution in [3.05, 3.63) is 12.2 Å². The van der Waals surface area contributed by atoms with Crippen LogP contribution in [0.15, 0.2) is 12.2 Å². The SMILES string of the molecule is C=C(C(=O)OC1CCCOC1=O)C(F)(F)F. The van der Waals surface area contributed by atoms with E-state index in [-0.39, 0.29) is 13.0 Å². The lowest BCUT2D eigenvalue weighted by Gasteiger charge is -2.21. The van der Waals surface area contributed by atoms with Crippen LogP contribution in [0.5, 0.6) is 0 Å². The molecule has 7 heteroatoms. The van der Waals surface area contributed by atoms with Gasteiger partial charge in [-0.2, -0.15) is 13.2 Å². The van der Waals surface area contributed by atoms with Gasteiger partial charge < -0.3 is 9.47 Å². The molecule has 0 spiro atoms. The molecule has 0 aromatic rings. The predicted molar refractivity (Wildman–Crippen MR) is 45.3 cm³/mol. The summed E-state index contributed by atoms with van der Waals surface area (Å²) in [7, 11) is 0. The van der Waals surface area contributed by atoms with Gasteiger partial charge in [0, 0.05) is 0 Å². The summed E-state index contributed by atoms with van der Waals surface area (Å²) in [6.07, 6.45) is -5.51. The lowest BCUT2D eigenvalue weighted by molar-refractivity contribution is -0.175. The van der Waals surface area contributed by atoms with Crippen LogP contribution in [0, 0.1) is 0 Å². The van der Waals surface area contributed by atoms with Crippen LogP contribution in [-0.2, 0) is 19.1 Å². The van der Waals surface area contributed by atoms with E-state index < -0.39 is 29.8 Å². The maximum absolute atomic E-state index is 12.0. The highest BCUT2D eigenvalue weighted by molar-refractivity contribution is 5.91. The van der Waals surface area contributed by atoms with E-state index in [0.29, 0.717) is 6.42 Å². The van der Waals surface area contributed by atoms with E-state index in [0.717, 1.165) is 0 Å². The molecule has 90 valence electrons. The fourth-order valence-corrected chi connectivity index (χ4v) is 1.08. The molecule has 1 fully saturated rings. The summed E-state index contributed by atoms with van der Waals surface area (Å²) < 4.78 is 45.0. The van der Waals surface area contributed by atoms with Crippen molar-refractivity contribution in [3.63, 3.8) is 0 Å². The Morgan fingerprint density at radius 2 is 2.12 bits per heavy atom. The molecule has 1 atom stereocenters. The van der Waals surface area contributed by atoms with Gasteiger partial charge in [0.1, 0.15) is 5.57 Å². The van der Waals surface area contributed by atoms with Gasteiger partial charge in [-0.25, -0.2) is 9.59 Å². The second-order valence-corrected chi connectivity index (χ2v) is 3.18. The van der Waals surface area contributed by atoms with Crippen LogP contribution in [0.1, 0.15) is 12.8 Å². The molecule has 0 radical (unpaired) electrons. The van der Waals surface area contributed by atoms with Gasteiger partial charge in [-0.05, 0) is 12.8 Å². The second kappa shape index (κ2) is 4.54. The molecule has 0 saturated carbocycles. The predicted octanol–water partition coefficient (Wildman–Crippen LogP) is 1.35. The molecule has 0 aliphatic carbocycles. The van der Waals surface area contributed by atoms with Gasteiger partial charge in [-0.15, -0.1) is 0 Å². The number of esters is 2. The zero-order valence-electron chi connectivity index (χ0n) is 8.17. The summed E-state index contributed by atoms with van der Waals surface area (Å²) in [5, 5.41) is 0. The van der Waals surface area contributed by atoms with E-state index in [9.17, 15) is 22.8 Å². The molecule has 0 aromatic carbocycles. The molecule has 1 saturated heterocycles. The molecule has 0 amide bonds. The van der Waals surface area contributed by atoms with Crippen molar-refractivity contribution in [3.8, 4) is 0 Å². The zero-order chi connectivity index (χ0) is 12.3. The monoisotopic (exact) mass is 238 g/mol. The fraction of sp³-hybridized carbons (Fsp3) is 0.556. The van der Waals surface area contributed by atoms with E-state index >= 15 is 0 Å². The fourth-order valence-electron chi connectivity index (χ4n) is 1.08. The van der Waals surface area contributed by atoms with Gasteiger partial charge in [0.15, 0.2) is 6.10 Å². The Balaban J connectivity index is 2.57. The topological polar surface area (TPSA) is 52.6 Å². The molecule has 1 aliphatic rings. The van der Waals surface area contributed by atoms with Crippen molar-refractivity contribution < 1.29 is 32.2 Å². The van der Waals surface area contributed by atoms with Crippen molar-refractivity contribution in [2.45, 2.75) is 25.1 Å². The van der Waals surface area contributed by atoms with Crippen molar-refractivity contribution >= 4 is 11.9 Å². The molecule has 16 heavy (non-hydrogen) atoms. The quantitative estimate of drug-likeness (QED) is 0.538. The van der Waals surface area contributed by atoms with Crippen LogP contribution < -0.4 is 0 Å². The molecule has 1 rings (SSSR count). The van der Waals surface area contributed by atoms with Crippen molar-refractivity contribution in [2.75, 3.05) is 6.61 Å². The van der Waals surface area contributed by atoms with Gasteiger partial charge in [-0.3, -0.25) is 0 Å². The molecule has 4 nitrogen and oxygen atoms in total. The maximum Gasteiger partial charge on any atom is 0.422 e. The van der Waals surface area contributed by atoms with Gasteiger partial charge in [-0.1, -0.05) is 6.58 Å². The van der Waals surface area contributed by atoms with Crippen LogP contribution in [0.3, 0.4) is 0 Å². The summed E-state index contributed by atoms with van der Waals surface area (Å²) in [4.78, 5) is 21.9. The Morgan fingerprint density at radius 3 is 2.62 bits per heavy atom. The van der Waals surface area contributed by atoms with Gasteiger partial charge in [0.05, 0.1) is 6.61 Å². The minimum absolute atomic E-state index is 0.162. The molecule has 1 aliphatic heterocycles. The molecule has 0 N–H and O–H groups in total. The third kappa shape index (κ3) is 2.98. The Bertz CT molecular complexity index is 321. The van der Waals surface area contributed by atoms with Gasteiger partial charge in [0.25, 0.3) is 0 Å². The highest BCUT2D eigenvalue weighted by Gasteiger charge is 2.40. The van der Waals surface area contributed by atoms with Crippen molar-refractivity contribution in [1.82, 2.24) is 0 Å². The van der Waals surface area contributed by atoms with Crippen LogP contribution in [0.4, 0.5) is 13.2 Å². The number of carbonyl (C=O) groups is 2. The number of alkyl halides is 3. The number of cyclic esters (lactones) is 1. The first-order chi connectivity index (χ1) is 7.32. The standard InChI is InChI=1S/C9H9F3O4/c1-5(9(10,11)12)7(13)16-6-3-2-4-15-8(6)14/h6H,1-4H2. The summed E-state index contributed by atoms with van der Waals surface area (Å²) >= 11 is 0. The molecule has 1 heterocycles. The zero-order valence-corrected chi connectivity index (χ0v) is 8.17. The minimum atomic E-state index is -4.85. The lowest BCUT2D eigenvalue weighted by Crippen LogP contribution is -2.35. The number of halogens is 3. The summed E-state index contributed by atoms with van der Waals surface area (Å²) in [6.45, 7) is 2.75. The maximum atomic E-state index is 12.0. The second-order valence-electron chi connectivity index (χ2n) is 3.18. The van der Waals surface area contributed by atoms with Gasteiger partial charge >= 0.3 is 18.1 Å². The molecular formula is C9H9F3O4.